The number of nitrogens with zero attached hydrogens (tertiary/aromatic N) is 1. The summed E-state index contributed by atoms with van der Waals surface area (Å²) in [4.78, 5) is 2.27. The fourth-order valence-electron chi connectivity index (χ4n) is 1.77. The third-order valence-corrected chi connectivity index (χ3v) is 5.88. The molecule has 2 N–H and O–H groups in total. The van der Waals surface area contributed by atoms with Gasteiger partial charge in [0, 0.05) is 23.6 Å². The molecule has 0 amide bonds. The van der Waals surface area contributed by atoms with Crippen molar-refractivity contribution in [2.24, 2.45) is 0 Å². The van der Waals surface area contributed by atoms with Crippen molar-refractivity contribution in [3.05, 3.63) is 27.7 Å². The first-order chi connectivity index (χ1) is 9.69. The molecule has 21 heavy (non-hydrogen) atoms. The van der Waals surface area contributed by atoms with Gasteiger partial charge in [-0.1, -0.05) is 15.9 Å². The fraction of sp³-hybridized carbons (Fsp3) is 0.571. The summed E-state index contributed by atoms with van der Waals surface area (Å²) >= 11 is 3.33. The van der Waals surface area contributed by atoms with Crippen LogP contribution >= 0.6 is 15.9 Å². The van der Waals surface area contributed by atoms with Gasteiger partial charge in [-0.05, 0) is 51.1 Å². The number of hydrogen-bond acceptors (Lipinski definition) is 4. The zero-order valence-corrected chi connectivity index (χ0v) is 15.3. The van der Waals surface area contributed by atoms with Gasteiger partial charge < -0.3 is 10.0 Å². The summed E-state index contributed by atoms with van der Waals surface area (Å²) in [6.07, 6.45) is 0. The Kier molecular flexibility index (Phi) is 6.80. The molecule has 0 aliphatic rings. The van der Waals surface area contributed by atoms with Crippen LogP contribution in [0.1, 0.15) is 25.0 Å². The number of benzene rings is 1. The van der Waals surface area contributed by atoms with E-state index in [4.69, 9.17) is 0 Å². The average molecular weight is 379 g/mol. The lowest BCUT2D eigenvalue weighted by molar-refractivity contribution is 0.278. The lowest BCUT2D eigenvalue weighted by Gasteiger charge is -2.21. The van der Waals surface area contributed by atoms with Crippen LogP contribution in [0.5, 0.6) is 0 Å². The van der Waals surface area contributed by atoms with Crippen molar-refractivity contribution in [3.63, 3.8) is 0 Å². The van der Waals surface area contributed by atoms with Crippen molar-refractivity contribution < 1.29 is 13.5 Å². The molecule has 7 heteroatoms. The highest BCUT2D eigenvalue weighted by atomic mass is 79.9. The molecule has 120 valence electrons. The third-order valence-electron chi connectivity index (χ3n) is 3.47. The van der Waals surface area contributed by atoms with Crippen molar-refractivity contribution in [1.82, 2.24) is 9.62 Å². The number of likely N-dealkylation sites (N-methyl/N-ethyl adjacent to an activating group) is 1. The van der Waals surface area contributed by atoms with Gasteiger partial charge in [0.2, 0.25) is 10.0 Å². The van der Waals surface area contributed by atoms with E-state index in [-0.39, 0.29) is 11.5 Å². The van der Waals surface area contributed by atoms with Crippen molar-refractivity contribution in [2.45, 2.75) is 38.3 Å². The van der Waals surface area contributed by atoms with Gasteiger partial charge in [-0.25, -0.2) is 13.1 Å². The van der Waals surface area contributed by atoms with E-state index in [0.29, 0.717) is 34.7 Å². The Bertz CT molecular complexity index is 588. The molecule has 0 aliphatic carbocycles. The normalized spacial score (nSPS) is 12.4. The minimum atomic E-state index is -3.59. The highest BCUT2D eigenvalue weighted by Gasteiger charge is 2.19. The minimum Gasteiger partial charge on any atom is -0.392 e. The molecule has 1 aromatic rings. The number of sulfonamides is 1. The van der Waals surface area contributed by atoms with E-state index in [1.807, 2.05) is 7.05 Å². The van der Waals surface area contributed by atoms with Gasteiger partial charge in [-0.15, -0.1) is 0 Å². The largest absolute Gasteiger partial charge is 0.392 e. The molecule has 0 spiro atoms. The smallest absolute Gasteiger partial charge is 0.240 e. The second kappa shape index (κ2) is 7.69. The fourth-order valence-corrected chi connectivity index (χ4v) is 3.74. The monoisotopic (exact) mass is 378 g/mol. The van der Waals surface area contributed by atoms with Crippen molar-refractivity contribution in [1.29, 1.82) is 0 Å². The molecular weight excluding hydrogens is 356 g/mol. The Morgan fingerprint density at radius 1 is 1.38 bits per heavy atom. The average Bonchev–Trinajstić information content (AvgIpc) is 2.40. The number of nitrogens with one attached hydrogen (secondary N) is 1. The summed E-state index contributed by atoms with van der Waals surface area (Å²) < 4.78 is 28.1. The molecule has 0 heterocycles. The molecular formula is C14H23BrN2O3S. The van der Waals surface area contributed by atoms with Crippen LogP contribution in [0.4, 0.5) is 0 Å². The number of rotatable bonds is 7. The van der Waals surface area contributed by atoms with Crippen LogP contribution < -0.4 is 4.72 Å². The number of aliphatic hydroxyl groups is 1. The molecule has 0 atom stereocenters. The molecule has 0 saturated heterocycles. The molecule has 1 rings (SSSR count). The third kappa shape index (κ3) is 5.03. The predicted molar refractivity (Wildman–Crippen MR) is 87.8 cm³/mol. The molecule has 1 aromatic carbocycles. The van der Waals surface area contributed by atoms with Crippen LogP contribution in [0.25, 0.3) is 0 Å². The van der Waals surface area contributed by atoms with Crippen LogP contribution in [-0.4, -0.2) is 44.6 Å². The topological polar surface area (TPSA) is 69.6 Å². The first-order valence-corrected chi connectivity index (χ1v) is 9.06. The maximum absolute atomic E-state index is 12.4. The van der Waals surface area contributed by atoms with Gasteiger partial charge in [-0.2, -0.15) is 0 Å². The lowest BCUT2D eigenvalue weighted by atomic mass is 10.2. The van der Waals surface area contributed by atoms with E-state index in [0.717, 1.165) is 0 Å². The standard InChI is InChI=1S/C14H23BrN2O3S/c1-10(2)17(4)6-5-16-21(19,20)14-8-12(9-18)7-13(15)11(14)3/h7-8,10,16,18H,5-6,9H2,1-4H3. The summed E-state index contributed by atoms with van der Waals surface area (Å²) in [6.45, 7) is 6.63. The van der Waals surface area contributed by atoms with Crippen molar-refractivity contribution >= 4 is 26.0 Å². The SMILES string of the molecule is Cc1c(Br)cc(CO)cc1S(=O)(=O)NCCN(C)C(C)C. The minimum absolute atomic E-state index is 0.197. The van der Waals surface area contributed by atoms with E-state index >= 15 is 0 Å². The van der Waals surface area contributed by atoms with Gasteiger partial charge >= 0.3 is 0 Å². The molecule has 0 bridgehead atoms. The number of halogens is 1. The Morgan fingerprint density at radius 2 is 2.00 bits per heavy atom. The zero-order chi connectivity index (χ0) is 16.2. The highest BCUT2D eigenvalue weighted by molar-refractivity contribution is 9.10. The van der Waals surface area contributed by atoms with Crippen LogP contribution in [0.15, 0.2) is 21.5 Å². The maximum atomic E-state index is 12.4. The van der Waals surface area contributed by atoms with Crippen molar-refractivity contribution in [2.75, 3.05) is 20.1 Å². The summed E-state index contributed by atoms with van der Waals surface area (Å²) in [6, 6.07) is 3.60. The van der Waals surface area contributed by atoms with E-state index in [9.17, 15) is 13.5 Å². The molecule has 0 aliphatic heterocycles. The van der Waals surface area contributed by atoms with Crippen LogP contribution in [0.3, 0.4) is 0 Å². The summed E-state index contributed by atoms with van der Waals surface area (Å²) in [5.41, 5.74) is 1.20. The second-order valence-electron chi connectivity index (χ2n) is 5.33. The summed E-state index contributed by atoms with van der Waals surface area (Å²) in [5, 5.41) is 9.21. The first kappa shape index (κ1) is 18.6. The maximum Gasteiger partial charge on any atom is 0.240 e. The van der Waals surface area contributed by atoms with E-state index in [1.165, 1.54) is 6.07 Å². The number of hydrogen-bond donors (Lipinski definition) is 2. The van der Waals surface area contributed by atoms with Gasteiger partial charge in [0.05, 0.1) is 11.5 Å². The molecule has 0 unspecified atom stereocenters. The number of aliphatic hydroxyl groups excluding tert-OH is 1. The Hall–Kier alpha value is -0.470. The summed E-state index contributed by atoms with van der Waals surface area (Å²) in [7, 11) is -1.63. The Labute approximate surface area is 135 Å². The van der Waals surface area contributed by atoms with Gasteiger partial charge in [0.25, 0.3) is 0 Å². The van der Waals surface area contributed by atoms with Crippen LogP contribution in [0, 0.1) is 6.92 Å². The zero-order valence-electron chi connectivity index (χ0n) is 12.9. The van der Waals surface area contributed by atoms with E-state index in [2.05, 4.69) is 39.4 Å². The molecule has 0 aromatic heterocycles. The van der Waals surface area contributed by atoms with Gasteiger partial charge in [0.15, 0.2) is 0 Å². The molecule has 0 saturated carbocycles. The van der Waals surface area contributed by atoms with Gasteiger partial charge in [0.1, 0.15) is 0 Å². The highest BCUT2D eigenvalue weighted by Crippen LogP contribution is 2.25. The predicted octanol–water partition coefficient (Wildman–Crippen LogP) is 1.87. The van der Waals surface area contributed by atoms with Gasteiger partial charge in [-0.3, -0.25) is 0 Å². The van der Waals surface area contributed by atoms with E-state index in [1.54, 1.807) is 13.0 Å². The Balaban J connectivity index is 2.91. The summed E-state index contributed by atoms with van der Waals surface area (Å²) in [5.74, 6) is 0. The molecule has 5 nitrogen and oxygen atoms in total. The van der Waals surface area contributed by atoms with Crippen LogP contribution in [-0.2, 0) is 16.6 Å². The second-order valence-corrected chi connectivity index (χ2v) is 7.92. The van der Waals surface area contributed by atoms with E-state index < -0.39 is 10.0 Å². The molecule has 0 radical (unpaired) electrons. The Morgan fingerprint density at radius 3 is 2.52 bits per heavy atom. The lowest BCUT2D eigenvalue weighted by Crippen LogP contribution is -2.36. The van der Waals surface area contributed by atoms with Crippen molar-refractivity contribution in [3.8, 4) is 0 Å². The first-order valence-electron chi connectivity index (χ1n) is 6.78. The molecule has 0 fully saturated rings. The quantitative estimate of drug-likeness (QED) is 0.759. The van der Waals surface area contributed by atoms with Crippen LogP contribution in [0.2, 0.25) is 0 Å².